The van der Waals surface area contributed by atoms with Crippen molar-refractivity contribution in [1.29, 1.82) is 0 Å². The lowest BCUT2D eigenvalue weighted by molar-refractivity contribution is 0.531. The molecule has 5 nitrogen and oxygen atoms in total. The molecule has 0 unspecified atom stereocenters. The van der Waals surface area contributed by atoms with Crippen LogP contribution in [0.5, 0.6) is 0 Å². The maximum absolute atomic E-state index is 10.5. The summed E-state index contributed by atoms with van der Waals surface area (Å²) in [5, 5.41) is 2.26. The first-order chi connectivity index (χ1) is 60.4. The zero-order valence-electron chi connectivity index (χ0n) is 83.3. The summed E-state index contributed by atoms with van der Waals surface area (Å²) in [6.07, 6.45) is 0. The summed E-state index contributed by atoms with van der Waals surface area (Å²) in [6, 6.07) is 82.7. The first-order valence-electron chi connectivity index (χ1n) is 47.3. The Kier molecular flexibility index (Phi) is 16.7. The van der Waals surface area contributed by atoms with Gasteiger partial charge >= 0.3 is 0 Å². The number of aromatic nitrogens is 3. The summed E-state index contributed by atoms with van der Waals surface area (Å²) in [7, 11) is 0. The number of rotatable bonds is 9. The van der Waals surface area contributed by atoms with Crippen LogP contribution < -0.4 is 26.2 Å². The van der Waals surface area contributed by atoms with Gasteiger partial charge in [-0.2, -0.15) is 0 Å². The fourth-order valence-corrected chi connectivity index (χ4v) is 18.3. The number of pyridine rings is 1. The van der Waals surface area contributed by atoms with Crippen LogP contribution in [0.3, 0.4) is 0 Å². The Morgan fingerprint density at radius 3 is 1.01 bits per heavy atom. The first-order valence-corrected chi connectivity index (χ1v) is 43.3. The van der Waals surface area contributed by atoms with Crippen molar-refractivity contribution in [1.82, 2.24) is 14.1 Å². The molecule has 121 heavy (non-hydrogen) atoms. The molecule has 6 heteroatoms. The molecule has 13 aromatic carbocycles. The largest absolute Gasteiger partial charge is 0.310 e. The fourth-order valence-electron chi connectivity index (χ4n) is 18.3. The fraction of sp³-hybridized carbons (Fsp3) is 0.278. The van der Waals surface area contributed by atoms with Crippen LogP contribution in [-0.2, 0) is 43.3 Å². The van der Waals surface area contributed by atoms with Crippen LogP contribution >= 0.6 is 0 Å². The van der Waals surface area contributed by atoms with Gasteiger partial charge in [-0.3, -0.25) is 4.98 Å². The topological polar surface area (TPSA) is 29.2 Å². The van der Waals surface area contributed by atoms with Crippen molar-refractivity contribution in [3.8, 4) is 67.0 Å². The van der Waals surface area contributed by atoms with E-state index >= 15 is 0 Å². The van der Waals surface area contributed by atoms with E-state index in [4.69, 9.17) is 4.98 Å². The minimum atomic E-state index is -0.585. The van der Waals surface area contributed by atoms with Gasteiger partial charge in [-0.1, -0.05) is 342 Å². The van der Waals surface area contributed by atoms with E-state index in [-0.39, 0.29) is 48.9 Å². The van der Waals surface area contributed by atoms with Crippen molar-refractivity contribution >= 4 is 101 Å². The predicted octanol–water partition coefficient (Wildman–Crippen LogP) is 30.1. The van der Waals surface area contributed by atoms with Crippen LogP contribution in [0.2, 0.25) is 0 Å². The lowest BCUT2D eigenvalue weighted by Gasteiger charge is -2.46. The number of benzene rings is 13. The molecular weight excluding hydrogens is 1460 g/mol. The zero-order valence-corrected chi connectivity index (χ0v) is 75.3. The summed E-state index contributed by atoms with van der Waals surface area (Å²) < 4.78 is 84.0. The quantitative estimate of drug-likeness (QED) is 0.135. The number of hydrogen-bond donors (Lipinski definition) is 0. The molecule has 606 valence electrons. The standard InChI is InChI=1S/C115H118BN5/c1-108(2,3)77-49-54-97-91(62-77)92-63-78(109(4,5)6)50-55-98(92)118(97)83-51-53-94-100(68-83)121(107-89(73-42-32-27-33-43-73)66-82(113(16,17)18)67-90(107)76-59-103(114(19,20)21)117-104(60-76)115(22,23)24)102-70-84(119-95-46-36-34-44-85(95)86-45-35-37-47-96(86)119)69-101-105(102)116(94)93-52-48-74(75-56-79(110(7,8)9)61-80(57-75)111(10,11)12)58-99(93)120(101)106-87(71-38-28-25-29-39-71)64-81(112(13,14)15)65-88(106)72-40-30-26-31-41-72/h25-70H,1-24H3/i34D,35D,36D,37D,44D,45D,46D,47D. The molecule has 2 aliphatic rings. The van der Waals surface area contributed by atoms with E-state index in [1.807, 2.05) is 0 Å². The van der Waals surface area contributed by atoms with Crippen molar-refractivity contribution in [3.63, 3.8) is 0 Å². The summed E-state index contributed by atoms with van der Waals surface area (Å²) in [5.41, 5.74) is 27.7. The highest BCUT2D eigenvalue weighted by atomic mass is 15.2. The summed E-state index contributed by atoms with van der Waals surface area (Å²) in [5.74, 6) is 0. The molecule has 18 rings (SSSR count). The molecule has 0 saturated carbocycles. The molecule has 0 amide bonds. The molecular formula is C115H118BN5. The van der Waals surface area contributed by atoms with Gasteiger partial charge in [0.25, 0.3) is 6.71 Å². The minimum absolute atomic E-state index is 0.0108. The number of hydrogen-bond acceptors (Lipinski definition) is 3. The molecule has 0 atom stereocenters. The second kappa shape index (κ2) is 28.5. The number of para-hydroxylation sites is 2. The van der Waals surface area contributed by atoms with Crippen molar-refractivity contribution < 1.29 is 11.0 Å². The Bertz CT molecular complexity index is 7070. The maximum atomic E-state index is 10.5. The molecule has 0 saturated heterocycles. The Morgan fingerprint density at radius 2 is 0.612 bits per heavy atom. The van der Waals surface area contributed by atoms with E-state index in [1.54, 1.807) is 4.57 Å². The molecule has 0 fully saturated rings. The second-order valence-corrected chi connectivity index (χ2v) is 42.5. The molecule has 3 aromatic heterocycles. The van der Waals surface area contributed by atoms with Crippen LogP contribution in [0.1, 0.15) is 222 Å². The lowest BCUT2D eigenvalue weighted by atomic mass is 9.33. The molecule has 5 heterocycles. The molecule has 16 aromatic rings. The van der Waals surface area contributed by atoms with Gasteiger partial charge in [0.2, 0.25) is 0 Å². The maximum Gasteiger partial charge on any atom is 0.252 e. The van der Waals surface area contributed by atoms with Crippen molar-refractivity contribution in [2.75, 3.05) is 9.80 Å². The monoisotopic (exact) mass is 1590 g/mol. The molecule has 0 aliphatic carbocycles. The molecule has 0 radical (unpaired) electrons. The second-order valence-electron chi connectivity index (χ2n) is 42.5. The zero-order chi connectivity index (χ0) is 92.4. The summed E-state index contributed by atoms with van der Waals surface area (Å²) >= 11 is 0. The SMILES string of the molecule is [2H]c1c([2H])c([2H])c2c(c1[2H])c1c([2H])c([2H])c([2H])c([2H])c1n2-c1cc2c3c(c1)N(c1c(-c4ccccc4)cc(C(C)(C)C)cc1-c1cc(C(C)(C)C)nc(C(C)(C)C)c1)c1cc(-n4c5ccc(C(C)(C)C)cc5c5cc(C(C)(C)C)ccc54)ccc1B3c1ccc(-c3cc(C(C)(C)C)cc(C(C)(C)C)c3)cc1N2c1c(-c2ccccc2)cc(C(C)(C)C)cc1-c1ccccc1. The summed E-state index contributed by atoms with van der Waals surface area (Å²) in [6.45, 7) is 54.1. The number of fused-ring (bicyclic) bond motifs is 10. The highest BCUT2D eigenvalue weighted by Gasteiger charge is 2.47. The van der Waals surface area contributed by atoms with Crippen molar-refractivity contribution in [3.05, 3.63) is 324 Å². The predicted molar refractivity (Wildman–Crippen MR) is 524 cm³/mol. The molecule has 0 N–H and O–H groups in total. The molecule has 0 spiro atoms. The average molecular weight is 1590 g/mol. The van der Waals surface area contributed by atoms with E-state index in [1.165, 1.54) is 22.3 Å². The summed E-state index contributed by atoms with van der Waals surface area (Å²) in [4.78, 5) is 10.7. The van der Waals surface area contributed by atoms with Gasteiger partial charge in [-0.05, 0) is 219 Å². The van der Waals surface area contributed by atoms with Gasteiger partial charge in [-0.15, -0.1) is 0 Å². The van der Waals surface area contributed by atoms with Crippen molar-refractivity contribution in [2.45, 2.75) is 209 Å². The van der Waals surface area contributed by atoms with Gasteiger partial charge in [-0.25, -0.2) is 0 Å². The Hall–Kier alpha value is -11.7. The third-order valence-electron chi connectivity index (χ3n) is 25.4. The smallest absolute Gasteiger partial charge is 0.252 e. The Labute approximate surface area is 731 Å². The van der Waals surface area contributed by atoms with Crippen LogP contribution in [0.4, 0.5) is 34.1 Å². The lowest BCUT2D eigenvalue weighted by Crippen LogP contribution is -2.61. The third-order valence-corrected chi connectivity index (χ3v) is 25.4. The molecule has 0 bridgehead atoms. The van der Waals surface area contributed by atoms with Gasteiger partial charge in [0.05, 0.1) is 50.1 Å². The highest BCUT2D eigenvalue weighted by Crippen LogP contribution is 2.57. The van der Waals surface area contributed by atoms with Gasteiger partial charge in [0.15, 0.2) is 0 Å². The van der Waals surface area contributed by atoms with Gasteiger partial charge in [0.1, 0.15) is 0 Å². The third kappa shape index (κ3) is 14.1. The van der Waals surface area contributed by atoms with Gasteiger partial charge in [0, 0.05) is 94.5 Å². The van der Waals surface area contributed by atoms with E-state index in [0.29, 0.717) is 5.69 Å². The Morgan fingerprint density at radius 1 is 0.256 bits per heavy atom. The molecule has 2 aliphatic heterocycles. The first kappa shape index (κ1) is 71.1. The van der Waals surface area contributed by atoms with Crippen LogP contribution in [0, 0.1) is 0 Å². The van der Waals surface area contributed by atoms with Crippen LogP contribution in [-0.4, -0.2) is 20.8 Å². The normalized spacial score (nSPS) is 14.5. The van der Waals surface area contributed by atoms with E-state index in [0.717, 1.165) is 156 Å². The van der Waals surface area contributed by atoms with Crippen LogP contribution in [0.25, 0.3) is 111 Å². The van der Waals surface area contributed by atoms with Crippen molar-refractivity contribution in [2.24, 2.45) is 0 Å². The minimum Gasteiger partial charge on any atom is -0.310 e. The number of anilines is 6. The average Bonchev–Trinajstić information content (AvgIpc) is 1.43. The van der Waals surface area contributed by atoms with Gasteiger partial charge < -0.3 is 18.9 Å². The van der Waals surface area contributed by atoms with E-state index < -0.39 is 71.3 Å². The van der Waals surface area contributed by atoms with E-state index in [2.05, 4.69) is 411 Å². The number of nitrogens with zero attached hydrogens (tertiary/aromatic N) is 5. The van der Waals surface area contributed by atoms with Crippen LogP contribution in [0.15, 0.2) is 279 Å². The van der Waals surface area contributed by atoms with E-state index in [9.17, 15) is 11.0 Å². The Balaban J connectivity index is 1.13. The highest BCUT2D eigenvalue weighted by molar-refractivity contribution is 7.00.